The summed E-state index contributed by atoms with van der Waals surface area (Å²) >= 11 is 0. The van der Waals surface area contributed by atoms with Gasteiger partial charge in [0.2, 0.25) is 0 Å². The van der Waals surface area contributed by atoms with Gasteiger partial charge in [-0.05, 0) is 111 Å². The van der Waals surface area contributed by atoms with Crippen molar-refractivity contribution < 1.29 is 4.42 Å². The smallest absolute Gasteiger partial charge is 0.144 e. The molecule has 1 unspecified atom stereocenters. The Balaban J connectivity index is 1.15. The van der Waals surface area contributed by atoms with E-state index in [1.807, 2.05) is 0 Å². The summed E-state index contributed by atoms with van der Waals surface area (Å²) in [5.74, 6) is 0.325. The number of nitrogens with zero attached hydrogens (tertiary/aromatic N) is 1. The fourth-order valence-electron chi connectivity index (χ4n) is 9.74. The van der Waals surface area contributed by atoms with Gasteiger partial charge in [0, 0.05) is 50.8 Å². The molecular weight excluding hydrogens is 667 g/mol. The van der Waals surface area contributed by atoms with Crippen molar-refractivity contribution in [3.05, 3.63) is 192 Å². The quantitative estimate of drug-likeness (QED) is 0.177. The van der Waals surface area contributed by atoms with Crippen LogP contribution in [-0.2, 0) is 5.41 Å². The minimum atomic E-state index is -0.185. The van der Waals surface area contributed by atoms with E-state index in [1.54, 1.807) is 0 Å². The van der Waals surface area contributed by atoms with Crippen molar-refractivity contribution in [2.24, 2.45) is 0 Å². The Morgan fingerprint density at radius 2 is 1.42 bits per heavy atom. The molecule has 3 aliphatic carbocycles. The van der Waals surface area contributed by atoms with Crippen molar-refractivity contribution in [2.45, 2.75) is 44.4 Å². The fourth-order valence-corrected chi connectivity index (χ4v) is 9.74. The second kappa shape index (κ2) is 12.3. The Kier molecular flexibility index (Phi) is 7.19. The maximum atomic E-state index is 7.25. The molecule has 55 heavy (non-hydrogen) atoms. The van der Waals surface area contributed by atoms with E-state index in [0.717, 1.165) is 52.9 Å². The Morgan fingerprint density at radius 3 is 2.24 bits per heavy atom. The number of rotatable bonds is 5. The molecule has 1 aromatic heterocycles. The Labute approximate surface area is 322 Å². The zero-order valence-corrected chi connectivity index (χ0v) is 31.2. The van der Waals surface area contributed by atoms with E-state index < -0.39 is 0 Å². The second-order valence-corrected chi connectivity index (χ2v) is 15.9. The minimum Gasteiger partial charge on any atom is -0.455 e. The summed E-state index contributed by atoms with van der Waals surface area (Å²) in [4.78, 5) is 2.37. The number of benzene rings is 7. The zero-order chi connectivity index (χ0) is 36.7. The first-order chi connectivity index (χ1) is 27.0. The van der Waals surface area contributed by atoms with E-state index in [2.05, 4.69) is 189 Å². The molecular formula is C53H41NO. The fraction of sp³-hybridized carbons (Fsp3) is 0.132. The van der Waals surface area contributed by atoms with Crippen molar-refractivity contribution in [2.75, 3.05) is 4.90 Å². The van der Waals surface area contributed by atoms with E-state index in [-0.39, 0.29) is 5.41 Å². The summed E-state index contributed by atoms with van der Waals surface area (Å²) in [5.41, 5.74) is 14.3. The van der Waals surface area contributed by atoms with Crippen LogP contribution >= 0.6 is 0 Å². The highest BCUT2D eigenvalue weighted by atomic mass is 16.3. The normalized spacial score (nSPS) is 16.9. The lowest BCUT2D eigenvalue weighted by Crippen LogP contribution is -2.15. The summed E-state index contributed by atoms with van der Waals surface area (Å²) in [7, 11) is 0. The molecule has 0 N–H and O–H groups in total. The molecule has 0 spiro atoms. The van der Waals surface area contributed by atoms with Gasteiger partial charge in [0.05, 0.1) is 0 Å². The summed E-state index contributed by atoms with van der Waals surface area (Å²) in [5, 5.41) is 7.35. The molecule has 8 aromatic rings. The number of hydrogen-bond donors (Lipinski definition) is 0. The van der Waals surface area contributed by atoms with Gasteiger partial charge in [-0.1, -0.05) is 141 Å². The monoisotopic (exact) mass is 707 g/mol. The zero-order valence-electron chi connectivity index (χ0n) is 31.2. The average molecular weight is 708 g/mol. The predicted octanol–water partition coefficient (Wildman–Crippen LogP) is 15.0. The van der Waals surface area contributed by atoms with Crippen LogP contribution < -0.4 is 4.90 Å². The van der Waals surface area contributed by atoms with Crippen molar-refractivity contribution in [3.63, 3.8) is 0 Å². The van der Waals surface area contributed by atoms with Gasteiger partial charge in [-0.2, -0.15) is 0 Å². The van der Waals surface area contributed by atoms with Crippen molar-refractivity contribution in [3.8, 4) is 11.1 Å². The molecule has 1 heterocycles. The molecule has 0 radical (unpaired) electrons. The van der Waals surface area contributed by atoms with Gasteiger partial charge in [0.1, 0.15) is 11.2 Å². The topological polar surface area (TPSA) is 16.4 Å². The molecule has 11 rings (SSSR count). The molecule has 2 heteroatoms. The lowest BCUT2D eigenvalue weighted by Gasteiger charge is -2.26. The van der Waals surface area contributed by atoms with Gasteiger partial charge in [-0.3, -0.25) is 0 Å². The molecule has 0 bridgehead atoms. The molecule has 2 nitrogen and oxygen atoms in total. The van der Waals surface area contributed by atoms with E-state index in [1.165, 1.54) is 65.9 Å². The number of anilines is 3. The summed E-state index contributed by atoms with van der Waals surface area (Å²) in [6, 6.07) is 47.1. The van der Waals surface area contributed by atoms with Crippen LogP contribution in [-0.4, -0.2) is 0 Å². The minimum absolute atomic E-state index is 0.185. The number of allylic oxidation sites excluding steroid dienone is 8. The summed E-state index contributed by atoms with van der Waals surface area (Å²) in [6.07, 6.45) is 19.1. The number of fused-ring (bicyclic) bond motifs is 11. The highest BCUT2D eigenvalue weighted by molar-refractivity contribution is 6.25. The van der Waals surface area contributed by atoms with Crippen LogP contribution in [0.4, 0.5) is 17.1 Å². The van der Waals surface area contributed by atoms with Gasteiger partial charge in [0.25, 0.3) is 0 Å². The van der Waals surface area contributed by atoms with Crippen LogP contribution in [0.5, 0.6) is 0 Å². The molecule has 0 amide bonds. The summed E-state index contributed by atoms with van der Waals surface area (Å²) < 4.78 is 7.25. The van der Waals surface area contributed by atoms with Gasteiger partial charge < -0.3 is 9.32 Å². The van der Waals surface area contributed by atoms with E-state index in [9.17, 15) is 0 Å². The number of hydrogen-bond acceptors (Lipinski definition) is 2. The predicted molar refractivity (Wildman–Crippen MR) is 233 cm³/mol. The SMILES string of the molecule is CC1(C)c2cccc(C3C=CC=CC3)c2-c2c1c1ccccc1c1c2oc2cc(N(c3ccc(C4=CCCC=C4)cc3)c3ccc4ccccc4c3)ccc21. The third-order valence-corrected chi connectivity index (χ3v) is 12.3. The maximum Gasteiger partial charge on any atom is 0.144 e. The van der Waals surface area contributed by atoms with Crippen LogP contribution in [0.15, 0.2) is 174 Å². The molecule has 3 aliphatic rings. The molecule has 0 aliphatic heterocycles. The average Bonchev–Trinajstić information content (AvgIpc) is 3.74. The highest BCUT2D eigenvalue weighted by Gasteiger charge is 2.41. The molecule has 0 saturated carbocycles. The van der Waals surface area contributed by atoms with Gasteiger partial charge in [-0.15, -0.1) is 0 Å². The van der Waals surface area contributed by atoms with Gasteiger partial charge in [-0.25, -0.2) is 0 Å². The molecule has 1 atom stereocenters. The number of furan rings is 1. The van der Waals surface area contributed by atoms with Crippen LogP contribution in [0, 0.1) is 0 Å². The lowest BCUT2D eigenvalue weighted by atomic mass is 9.79. The van der Waals surface area contributed by atoms with Crippen LogP contribution in [0.1, 0.15) is 61.3 Å². The van der Waals surface area contributed by atoms with E-state index in [4.69, 9.17) is 4.42 Å². The molecule has 0 saturated heterocycles. The van der Waals surface area contributed by atoms with Crippen molar-refractivity contribution in [1.29, 1.82) is 0 Å². The largest absolute Gasteiger partial charge is 0.455 e. The highest BCUT2D eigenvalue weighted by Crippen LogP contribution is 2.58. The van der Waals surface area contributed by atoms with Crippen LogP contribution in [0.25, 0.3) is 60.2 Å². The lowest BCUT2D eigenvalue weighted by molar-refractivity contribution is 0.657. The standard InChI is InChI=1S/C53H41NO/c1-53(2)46-23-13-22-42(37-17-7-4-8-18-37)49(46)50-51(53)44-21-12-11-20-43(44)48-45-31-30-41(33-47(45)55-52(48)50)54(40-29-26-35-16-9-10-19-38(35)32-40)39-27-24-36(25-28-39)34-14-5-3-6-15-34/h4-5,7-17,19-33,37H,3,6,18H2,1-2H3. The maximum absolute atomic E-state index is 7.25. The van der Waals surface area contributed by atoms with Crippen LogP contribution in [0.3, 0.4) is 0 Å². The molecule has 264 valence electrons. The van der Waals surface area contributed by atoms with Crippen molar-refractivity contribution in [1.82, 2.24) is 0 Å². The Morgan fingerprint density at radius 1 is 0.636 bits per heavy atom. The second-order valence-electron chi connectivity index (χ2n) is 15.9. The first-order valence-electron chi connectivity index (χ1n) is 19.7. The third-order valence-electron chi connectivity index (χ3n) is 12.3. The van der Waals surface area contributed by atoms with Gasteiger partial charge in [0.15, 0.2) is 0 Å². The Hall–Kier alpha value is -6.38. The van der Waals surface area contributed by atoms with Crippen LogP contribution in [0.2, 0.25) is 0 Å². The molecule has 0 fully saturated rings. The van der Waals surface area contributed by atoms with E-state index in [0.29, 0.717) is 5.92 Å². The van der Waals surface area contributed by atoms with Gasteiger partial charge >= 0.3 is 0 Å². The Bertz CT molecular complexity index is 2980. The van der Waals surface area contributed by atoms with Crippen molar-refractivity contribution >= 4 is 66.1 Å². The first-order valence-corrected chi connectivity index (χ1v) is 19.7. The van der Waals surface area contributed by atoms with E-state index >= 15 is 0 Å². The molecule has 7 aromatic carbocycles. The summed E-state index contributed by atoms with van der Waals surface area (Å²) in [6.45, 7) is 4.79. The first kappa shape index (κ1) is 32.1. The third kappa shape index (κ3) is 4.94.